The van der Waals surface area contributed by atoms with E-state index in [0.717, 1.165) is 18.4 Å². The van der Waals surface area contributed by atoms with E-state index in [2.05, 4.69) is 6.92 Å². The number of likely N-dealkylation sites (tertiary alicyclic amines) is 1. The van der Waals surface area contributed by atoms with Crippen LogP contribution in [0, 0.1) is 5.92 Å². The van der Waals surface area contributed by atoms with Crippen molar-refractivity contribution >= 4 is 17.8 Å². The molecule has 31 heavy (non-hydrogen) atoms. The van der Waals surface area contributed by atoms with E-state index in [1.165, 1.54) is 0 Å². The molecular formula is C25H30N2O4. The van der Waals surface area contributed by atoms with Gasteiger partial charge in [0.25, 0.3) is 11.8 Å². The maximum Gasteiger partial charge on any atom is 0.339 e. The van der Waals surface area contributed by atoms with Gasteiger partial charge in [0, 0.05) is 26.7 Å². The molecule has 1 aliphatic rings. The monoisotopic (exact) mass is 422 g/mol. The Morgan fingerprint density at radius 3 is 2.23 bits per heavy atom. The lowest BCUT2D eigenvalue weighted by atomic mass is 9.99. The molecule has 2 amide bonds. The standard InChI is InChI=1S/C25H30N2O4/c1-18-13-15-27(16-14-18)23(28)19(2)31-25(30)22-12-8-7-11-21(22)24(29)26(3)17-20-9-5-4-6-10-20/h4-12,18-19H,13-17H2,1-3H3/t19-/m0/s1. The second kappa shape index (κ2) is 10.2. The lowest BCUT2D eigenvalue weighted by molar-refractivity contribution is -0.141. The van der Waals surface area contributed by atoms with Gasteiger partial charge in [-0.25, -0.2) is 4.79 Å². The zero-order valence-electron chi connectivity index (χ0n) is 18.4. The largest absolute Gasteiger partial charge is 0.449 e. The van der Waals surface area contributed by atoms with Gasteiger partial charge < -0.3 is 14.5 Å². The number of benzene rings is 2. The van der Waals surface area contributed by atoms with Gasteiger partial charge in [0.2, 0.25) is 0 Å². The first kappa shape index (κ1) is 22.5. The van der Waals surface area contributed by atoms with Crippen LogP contribution in [0.2, 0.25) is 0 Å². The average molecular weight is 423 g/mol. The summed E-state index contributed by atoms with van der Waals surface area (Å²) < 4.78 is 5.47. The predicted molar refractivity (Wildman–Crippen MR) is 119 cm³/mol. The van der Waals surface area contributed by atoms with Crippen molar-refractivity contribution in [2.75, 3.05) is 20.1 Å². The van der Waals surface area contributed by atoms with Crippen LogP contribution in [0.1, 0.15) is 53.0 Å². The van der Waals surface area contributed by atoms with Crippen molar-refractivity contribution in [1.29, 1.82) is 0 Å². The summed E-state index contributed by atoms with van der Waals surface area (Å²) in [6.45, 7) is 5.55. The first-order valence-corrected chi connectivity index (χ1v) is 10.7. The molecular weight excluding hydrogens is 392 g/mol. The Labute approximate surface area is 183 Å². The van der Waals surface area contributed by atoms with Crippen LogP contribution in [0.3, 0.4) is 0 Å². The topological polar surface area (TPSA) is 66.9 Å². The zero-order chi connectivity index (χ0) is 22.4. The van der Waals surface area contributed by atoms with E-state index in [1.54, 1.807) is 48.0 Å². The first-order chi connectivity index (χ1) is 14.9. The number of rotatable bonds is 6. The van der Waals surface area contributed by atoms with E-state index in [0.29, 0.717) is 25.6 Å². The van der Waals surface area contributed by atoms with Crippen LogP contribution in [0.25, 0.3) is 0 Å². The molecule has 6 nitrogen and oxygen atoms in total. The lowest BCUT2D eigenvalue weighted by Crippen LogP contribution is -2.44. The van der Waals surface area contributed by atoms with Crippen LogP contribution in [-0.2, 0) is 16.1 Å². The summed E-state index contributed by atoms with van der Waals surface area (Å²) in [7, 11) is 1.70. The van der Waals surface area contributed by atoms with Crippen molar-refractivity contribution in [3.63, 3.8) is 0 Å². The Kier molecular flexibility index (Phi) is 7.45. The molecule has 2 aromatic carbocycles. The number of carbonyl (C=O) groups excluding carboxylic acids is 3. The molecule has 0 unspecified atom stereocenters. The highest BCUT2D eigenvalue weighted by molar-refractivity contribution is 6.05. The molecule has 0 N–H and O–H groups in total. The zero-order valence-corrected chi connectivity index (χ0v) is 18.4. The Bertz CT molecular complexity index is 920. The summed E-state index contributed by atoms with van der Waals surface area (Å²) in [6.07, 6.45) is 1.01. The number of hydrogen-bond donors (Lipinski definition) is 0. The molecule has 1 heterocycles. The third-order valence-corrected chi connectivity index (χ3v) is 5.71. The molecule has 164 valence electrons. The van der Waals surface area contributed by atoms with Crippen LogP contribution in [0.4, 0.5) is 0 Å². The Morgan fingerprint density at radius 1 is 1.00 bits per heavy atom. The van der Waals surface area contributed by atoms with Crippen molar-refractivity contribution in [2.24, 2.45) is 5.92 Å². The molecule has 0 aliphatic carbocycles. The summed E-state index contributed by atoms with van der Waals surface area (Å²) in [5.41, 5.74) is 1.42. The van der Waals surface area contributed by atoms with Crippen LogP contribution < -0.4 is 0 Å². The van der Waals surface area contributed by atoms with Crippen LogP contribution >= 0.6 is 0 Å². The predicted octanol–water partition coefficient (Wildman–Crippen LogP) is 3.76. The third kappa shape index (κ3) is 5.72. The molecule has 1 fully saturated rings. The quantitative estimate of drug-likeness (QED) is 0.665. The molecule has 1 atom stereocenters. The van der Waals surface area contributed by atoms with Crippen LogP contribution in [0.5, 0.6) is 0 Å². The third-order valence-electron chi connectivity index (χ3n) is 5.71. The van der Waals surface area contributed by atoms with Crippen molar-refractivity contribution in [2.45, 2.75) is 39.3 Å². The Hall–Kier alpha value is -3.15. The lowest BCUT2D eigenvalue weighted by Gasteiger charge is -2.32. The number of esters is 1. The summed E-state index contributed by atoms with van der Waals surface area (Å²) in [6, 6.07) is 16.2. The minimum absolute atomic E-state index is 0.166. The van der Waals surface area contributed by atoms with Gasteiger partial charge >= 0.3 is 5.97 Å². The number of hydrogen-bond acceptors (Lipinski definition) is 4. The molecule has 0 spiro atoms. The second-order valence-electron chi connectivity index (χ2n) is 8.25. The fraction of sp³-hybridized carbons (Fsp3) is 0.400. The number of nitrogens with zero attached hydrogens (tertiary/aromatic N) is 2. The van der Waals surface area contributed by atoms with E-state index < -0.39 is 12.1 Å². The number of piperidine rings is 1. The van der Waals surface area contributed by atoms with Gasteiger partial charge in [-0.1, -0.05) is 49.4 Å². The Balaban J connectivity index is 1.68. The van der Waals surface area contributed by atoms with Gasteiger partial charge in [-0.15, -0.1) is 0 Å². The van der Waals surface area contributed by atoms with E-state index in [1.807, 2.05) is 30.3 Å². The summed E-state index contributed by atoms with van der Waals surface area (Å²) >= 11 is 0. The molecule has 3 rings (SSSR count). The second-order valence-corrected chi connectivity index (χ2v) is 8.25. The smallest absolute Gasteiger partial charge is 0.339 e. The van der Waals surface area contributed by atoms with Gasteiger partial charge in [0.15, 0.2) is 6.10 Å². The van der Waals surface area contributed by atoms with Gasteiger partial charge in [-0.3, -0.25) is 9.59 Å². The summed E-state index contributed by atoms with van der Waals surface area (Å²) in [5.74, 6) is -0.526. The van der Waals surface area contributed by atoms with E-state index in [-0.39, 0.29) is 22.9 Å². The van der Waals surface area contributed by atoms with E-state index in [4.69, 9.17) is 4.74 Å². The molecule has 0 bridgehead atoms. The van der Waals surface area contributed by atoms with Crippen molar-refractivity contribution < 1.29 is 19.1 Å². The average Bonchev–Trinajstić information content (AvgIpc) is 2.79. The number of ether oxygens (including phenoxy) is 1. The molecule has 2 aromatic rings. The minimum atomic E-state index is -0.897. The number of amides is 2. The van der Waals surface area contributed by atoms with Gasteiger partial charge in [0.1, 0.15) is 0 Å². The molecule has 0 radical (unpaired) electrons. The first-order valence-electron chi connectivity index (χ1n) is 10.7. The van der Waals surface area contributed by atoms with Crippen molar-refractivity contribution in [3.05, 3.63) is 71.3 Å². The maximum absolute atomic E-state index is 13.0. The molecule has 1 aliphatic heterocycles. The molecule has 0 saturated carbocycles. The van der Waals surface area contributed by atoms with Crippen molar-refractivity contribution in [1.82, 2.24) is 9.80 Å². The van der Waals surface area contributed by atoms with E-state index in [9.17, 15) is 14.4 Å². The van der Waals surface area contributed by atoms with E-state index >= 15 is 0 Å². The van der Waals surface area contributed by atoms with Crippen molar-refractivity contribution in [3.8, 4) is 0 Å². The fourth-order valence-electron chi connectivity index (χ4n) is 3.74. The molecule has 6 heteroatoms. The highest BCUT2D eigenvalue weighted by Crippen LogP contribution is 2.19. The normalized spacial score (nSPS) is 15.3. The molecule has 0 aromatic heterocycles. The maximum atomic E-state index is 13.0. The van der Waals surface area contributed by atoms with Gasteiger partial charge in [-0.2, -0.15) is 0 Å². The van der Waals surface area contributed by atoms with Crippen LogP contribution in [-0.4, -0.2) is 53.8 Å². The highest BCUT2D eigenvalue weighted by Gasteiger charge is 2.28. The summed E-state index contributed by atoms with van der Waals surface area (Å²) in [4.78, 5) is 41.8. The Morgan fingerprint density at radius 2 is 1.58 bits per heavy atom. The van der Waals surface area contributed by atoms with Crippen LogP contribution in [0.15, 0.2) is 54.6 Å². The van der Waals surface area contributed by atoms with Gasteiger partial charge in [0.05, 0.1) is 11.1 Å². The number of carbonyl (C=O) groups is 3. The fourth-order valence-corrected chi connectivity index (χ4v) is 3.74. The highest BCUT2D eigenvalue weighted by atomic mass is 16.5. The summed E-state index contributed by atoms with van der Waals surface area (Å²) in [5, 5.41) is 0. The molecule has 1 saturated heterocycles. The minimum Gasteiger partial charge on any atom is -0.449 e. The van der Waals surface area contributed by atoms with Gasteiger partial charge in [-0.05, 0) is 43.4 Å². The SMILES string of the molecule is CC1CCN(C(=O)[C@H](C)OC(=O)c2ccccc2C(=O)N(C)Cc2ccccc2)CC1.